The summed E-state index contributed by atoms with van der Waals surface area (Å²) in [6.45, 7) is 6.45. The van der Waals surface area contributed by atoms with Gasteiger partial charge in [-0.2, -0.15) is 0 Å². The molecule has 0 saturated heterocycles. The number of sulfonamides is 1. The average Bonchev–Trinajstić information content (AvgIpc) is 3.19. The van der Waals surface area contributed by atoms with Gasteiger partial charge in [0.1, 0.15) is 0 Å². The van der Waals surface area contributed by atoms with Gasteiger partial charge in [0.05, 0.1) is 4.90 Å². The zero-order valence-electron chi connectivity index (χ0n) is 22.9. The molecule has 0 bridgehead atoms. The molecule has 0 radical (unpaired) electrons. The molecule has 0 spiro atoms. The van der Waals surface area contributed by atoms with Crippen LogP contribution in [0, 0.1) is 20.8 Å². The van der Waals surface area contributed by atoms with Crippen molar-refractivity contribution in [2.45, 2.75) is 76.8 Å². The molecule has 1 saturated carbocycles. The lowest BCUT2D eigenvalue weighted by molar-refractivity contribution is 0.0981. The molecule has 0 aliphatic heterocycles. The molecule has 0 atom stereocenters. The fourth-order valence-corrected chi connectivity index (χ4v) is 6.29. The minimum absolute atomic E-state index is 0.0269. The lowest BCUT2D eigenvalue weighted by Gasteiger charge is -2.32. The topological polar surface area (TPSA) is 95.6 Å². The molecule has 1 aliphatic rings. The highest BCUT2D eigenvalue weighted by molar-refractivity contribution is 7.90. The fraction of sp³-hybridized carbons (Fsp3) is 0.355. The second-order valence-corrected chi connectivity index (χ2v) is 12.1. The third-order valence-electron chi connectivity index (χ3n) is 7.28. The summed E-state index contributed by atoms with van der Waals surface area (Å²) in [5, 5.41) is 3.17. The molecule has 8 heteroatoms. The van der Waals surface area contributed by atoms with E-state index in [0.29, 0.717) is 6.54 Å². The first-order valence-corrected chi connectivity index (χ1v) is 15.0. The lowest BCUT2D eigenvalue weighted by atomic mass is 10.0. The van der Waals surface area contributed by atoms with Gasteiger partial charge < -0.3 is 10.2 Å². The largest absolute Gasteiger partial charge is 0.322 e. The van der Waals surface area contributed by atoms with Crippen molar-refractivity contribution in [2.24, 2.45) is 0 Å². The summed E-state index contributed by atoms with van der Waals surface area (Å²) in [6, 6.07) is 18.7. The quantitative estimate of drug-likeness (QED) is 0.331. The third kappa shape index (κ3) is 7.26. The number of carbonyl (C=O) groups is 2. The summed E-state index contributed by atoms with van der Waals surface area (Å²) in [4.78, 5) is 28.3. The van der Waals surface area contributed by atoms with Gasteiger partial charge in [-0.25, -0.2) is 17.9 Å². The Morgan fingerprint density at radius 1 is 0.846 bits per heavy atom. The Morgan fingerprint density at radius 2 is 1.44 bits per heavy atom. The first-order chi connectivity index (χ1) is 18.6. The van der Waals surface area contributed by atoms with Gasteiger partial charge in [0.2, 0.25) is 0 Å². The van der Waals surface area contributed by atoms with Crippen LogP contribution in [-0.2, 0) is 16.6 Å². The van der Waals surface area contributed by atoms with Crippen molar-refractivity contribution >= 4 is 27.6 Å². The van der Waals surface area contributed by atoms with E-state index >= 15 is 0 Å². The van der Waals surface area contributed by atoms with Crippen LogP contribution >= 0.6 is 0 Å². The summed E-state index contributed by atoms with van der Waals surface area (Å²) < 4.78 is 27.2. The highest BCUT2D eigenvalue weighted by atomic mass is 32.2. The monoisotopic (exact) mass is 547 g/mol. The van der Waals surface area contributed by atoms with Gasteiger partial charge in [-0.15, -0.1) is 0 Å². The number of nitrogens with zero attached hydrogens (tertiary/aromatic N) is 1. The van der Waals surface area contributed by atoms with Crippen LogP contribution in [0.2, 0.25) is 0 Å². The number of anilines is 1. The SMILES string of the molecule is Cc1cc(C)c(NC(=O)N(Cc2ccc(C(=O)NS(=O)(=O)c3ccccc3)cc2)C2CCCCCC2)c(C)c1. The lowest BCUT2D eigenvalue weighted by Crippen LogP contribution is -2.42. The van der Waals surface area contributed by atoms with Gasteiger partial charge in [-0.3, -0.25) is 4.79 Å². The maximum Gasteiger partial charge on any atom is 0.322 e. The Balaban J connectivity index is 1.51. The van der Waals surface area contributed by atoms with Crippen LogP contribution in [0.15, 0.2) is 71.6 Å². The normalized spacial score (nSPS) is 14.3. The van der Waals surface area contributed by atoms with E-state index in [1.165, 1.54) is 25.0 Å². The van der Waals surface area contributed by atoms with E-state index in [1.54, 1.807) is 42.5 Å². The Morgan fingerprint density at radius 3 is 2.03 bits per heavy atom. The van der Waals surface area contributed by atoms with Crippen LogP contribution in [0.1, 0.15) is 71.1 Å². The molecule has 0 aromatic heterocycles. The van der Waals surface area contributed by atoms with E-state index < -0.39 is 15.9 Å². The molecule has 3 aromatic carbocycles. The number of rotatable bonds is 7. The maximum atomic E-state index is 13.7. The molecular weight excluding hydrogens is 510 g/mol. The van der Waals surface area contributed by atoms with Crippen molar-refractivity contribution in [1.29, 1.82) is 0 Å². The van der Waals surface area contributed by atoms with E-state index in [9.17, 15) is 18.0 Å². The van der Waals surface area contributed by atoms with Crippen molar-refractivity contribution in [3.05, 3.63) is 94.5 Å². The standard InChI is InChI=1S/C31H37N3O4S/c1-22-19-23(2)29(24(3)20-22)32-31(36)34(27-11-7-4-5-8-12-27)21-25-15-17-26(18-16-25)30(35)33-39(37,38)28-13-9-6-10-14-28/h6,9-10,13-20,27H,4-5,7-8,11-12,21H2,1-3H3,(H,32,36)(H,33,35). The Bertz CT molecular complexity index is 1390. The zero-order chi connectivity index (χ0) is 28.0. The molecule has 39 heavy (non-hydrogen) atoms. The molecule has 0 heterocycles. The highest BCUT2D eigenvalue weighted by Crippen LogP contribution is 2.27. The summed E-state index contributed by atoms with van der Waals surface area (Å²) in [6.07, 6.45) is 6.45. The predicted octanol–water partition coefficient (Wildman–Crippen LogP) is 6.49. The molecular formula is C31H37N3O4S. The number of nitrogens with one attached hydrogen (secondary N) is 2. The van der Waals surface area contributed by atoms with E-state index in [-0.39, 0.29) is 22.5 Å². The fourth-order valence-electron chi connectivity index (χ4n) is 5.29. The van der Waals surface area contributed by atoms with Gasteiger partial charge in [0, 0.05) is 23.8 Å². The van der Waals surface area contributed by atoms with E-state index in [2.05, 4.69) is 22.2 Å². The Labute approximate surface area is 231 Å². The van der Waals surface area contributed by atoms with Crippen LogP contribution < -0.4 is 10.0 Å². The molecule has 1 fully saturated rings. The third-order valence-corrected chi connectivity index (χ3v) is 8.63. The number of carbonyl (C=O) groups excluding carboxylic acids is 2. The maximum absolute atomic E-state index is 13.7. The van der Waals surface area contributed by atoms with Crippen molar-refractivity contribution in [1.82, 2.24) is 9.62 Å². The van der Waals surface area contributed by atoms with E-state index in [1.807, 2.05) is 25.7 Å². The molecule has 2 N–H and O–H groups in total. The van der Waals surface area contributed by atoms with Crippen molar-refractivity contribution in [2.75, 3.05) is 5.32 Å². The average molecular weight is 548 g/mol. The first-order valence-electron chi connectivity index (χ1n) is 13.5. The van der Waals surface area contributed by atoms with Gasteiger partial charge in [0.25, 0.3) is 15.9 Å². The minimum atomic E-state index is -3.97. The van der Waals surface area contributed by atoms with E-state index in [4.69, 9.17) is 0 Å². The summed E-state index contributed by atoms with van der Waals surface area (Å²) in [5.41, 5.74) is 5.16. The Kier molecular flexibility index (Phi) is 9.07. The molecule has 7 nitrogen and oxygen atoms in total. The summed E-state index contributed by atoms with van der Waals surface area (Å²) in [5.74, 6) is -0.700. The first kappa shape index (κ1) is 28.4. The van der Waals surface area contributed by atoms with Gasteiger partial charge in [-0.1, -0.05) is 73.7 Å². The van der Waals surface area contributed by atoms with Gasteiger partial charge in [-0.05, 0) is 74.6 Å². The molecule has 1 aliphatic carbocycles. The molecule has 3 amide bonds. The molecule has 4 rings (SSSR count). The molecule has 3 aromatic rings. The number of urea groups is 1. The molecule has 206 valence electrons. The number of amides is 3. The van der Waals surface area contributed by atoms with Gasteiger partial charge in [0.15, 0.2) is 0 Å². The van der Waals surface area contributed by atoms with Crippen LogP contribution in [0.4, 0.5) is 10.5 Å². The number of benzene rings is 3. The summed E-state index contributed by atoms with van der Waals surface area (Å²) in [7, 11) is -3.97. The van der Waals surface area contributed by atoms with Crippen LogP contribution in [0.25, 0.3) is 0 Å². The smallest absolute Gasteiger partial charge is 0.317 e. The summed E-state index contributed by atoms with van der Waals surface area (Å²) >= 11 is 0. The highest BCUT2D eigenvalue weighted by Gasteiger charge is 2.26. The molecule has 0 unspecified atom stereocenters. The number of aryl methyl sites for hydroxylation is 3. The Hall–Kier alpha value is -3.65. The predicted molar refractivity (Wildman–Crippen MR) is 154 cm³/mol. The second kappa shape index (κ2) is 12.5. The van der Waals surface area contributed by atoms with Gasteiger partial charge >= 0.3 is 6.03 Å². The second-order valence-electron chi connectivity index (χ2n) is 10.4. The van der Waals surface area contributed by atoms with Crippen molar-refractivity contribution in [3.63, 3.8) is 0 Å². The van der Waals surface area contributed by atoms with Crippen LogP contribution in [-0.4, -0.2) is 31.3 Å². The van der Waals surface area contributed by atoms with Crippen molar-refractivity contribution in [3.8, 4) is 0 Å². The number of hydrogen-bond donors (Lipinski definition) is 2. The zero-order valence-corrected chi connectivity index (χ0v) is 23.7. The van der Waals surface area contributed by atoms with Crippen LogP contribution in [0.5, 0.6) is 0 Å². The minimum Gasteiger partial charge on any atom is -0.317 e. The van der Waals surface area contributed by atoms with Crippen molar-refractivity contribution < 1.29 is 18.0 Å². The van der Waals surface area contributed by atoms with Crippen LogP contribution in [0.3, 0.4) is 0 Å². The van der Waals surface area contributed by atoms with E-state index in [0.717, 1.165) is 53.6 Å². The number of hydrogen-bond acceptors (Lipinski definition) is 4.